The molecule has 0 atom stereocenters. The zero-order valence-electron chi connectivity index (χ0n) is 12.0. The van der Waals surface area contributed by atoms with Gasteiger partial charge in [-0.3, -0.25) is 0 Å². The number of halogens is 1. The SMILES string of the molecule is Clc1cccc(COc2ccc3ncc(-c4cccs4)n3n2)c1. The van der Waals surface area contributed by atoms with Crippen LogP contribution in [0.3, 0.4) is 0 Å². The topological polar surface area (TPSA) is 39.4 Å². The van der Waals surface area contributed by atoms with E-state index in [9.17, 15) is 0 Å². The van der Waals surface area contributed by atoms with E-state index in [1.807, 2.05) is 54.0 Å². The summed E-state index contributed by atoms with van der Waals surface area (Å²) < 4.78 is 7.59. The molecule has 4 nitrogen and oxygen atoms in total. The summed E-state index contributed by atoms with van der Waals surface area (Å²) >= 11 is 7.64. The van der Waals surface area contributed by atoms with E-state index < -0.39 is 0 Å². The second-order valence-electron chi connectivity index (χ2n) is 4.98. The summed E-state index contributed by atoms with van der Waals surface area (Å²) in [5, 5.41) is 7.27. The van der Waals surface area contributed by atoms with Crippen LogP contribution in [0.1, 0.15) is 5.56 Å². The van der Waals surface area contributed by atoms with Crippen LogP contribution in [0.5, 0.6) is 5.88 Å². The van der Waals surface area contributed by atoms with Gasteiger partial charge in [-0.2, -0.15) is 0 Å². The Balaban J connectivity index is 1.62. The highest BCUT2D eigenvalue weighted by molar-refractivity contribution is 7.13. The largest absolute Gasteiger partial charge is 0.472 e. The van der Waals surface area contributed by atoms with Crippen LogP contribution in [-0.2, 0) is 6.61 Å². The summed E-state index contributed by atoms with van der Waals surface area (Å²) in [5.74, 6) is 0.549. The summed E-state index contributed by atoms with van der Waals surface area (Å²) in [5.41, 5.74) is 2.76. The van der Waals surface area contributed by atoms with Crippen molar-refractivity contribution in [3.8, 4) is 16.5 Å². The Bertz CT molecular complexity index is 950. The van der Waals surface area contributed by atoms with Gasteiger partial charge in [-0.15, -0.1) is 16.4 Å². The van der Waals surface area contributed by atoms with Gasteiger partial charge in [0.25, 0.3) is 0 Å². The summed E-state index contributed by atoms with van der Waals surface area (Å²) in [6.07, 6.45) is 1.83. The fraction of sp³-hybridized carbons (Fsp3) is 0.0588. The average Bonchev–Trinajstić information content (AvgIpc) is 3.21. The molecule has 0 saturated carbocycles. The van der Waals surface area contributed by atoms with E-state index in [1.54, 1.807) is 15.9 Å². The first-order chi connectivity index (χ1) is 11.3. The van der Waals surface area contributed by atoms with E-state index >= 15 is 0 Å². The van der Waals surface area contributed by atoms with Gasteiger partial charge in [0.05, 0.1) is 11.1 Å². The van der Waals surface area contributed by atoms with E-state index in [4.69, 9.17) is 16.3 Å². The lowest BCUT2D eigenvalue weighted by Crippen LogP contribution is -2.01. The molecule has 4 aromatic rings. The number of imidazole rings is 1. The molecule has 4 rings (SSSR count). The zero-order chi connectivity index (χ0) is 15.6. The van der Waals surface area contributed by atoms with E-state index in [2.05, 4.69) is 16.1 Å². The fourth-order valence-corrected chi connectivity index (χ4v) is 3.24. The molecule has 0 spiro atoms. The van der Waals surface area contributed by atoms with E-state index in [-0.39, 0.29) is 0 Å². The molecule has 0 aliphatic heterocycles. The molecule has 0 aliphatic rings. The molecule has 3 aromatic heterocycles. The molecule has 0 saturated heterocycles. The van der Waals surface area contributed by atoms with Crippen LogP contribution >= 0.6 is 22.9 Å². The standard InChI is InChI=1S/C17H12ClN3OS/c18-13-4-1-3-12(9-13)11-22-17-7-6-16-19-10-14(21(16)20-17)15-5-2-8-23-15/h1-10H,11H2. The lowest BCUT2D eigenvalue weighted by Gasteiger charge is -2.06. The Morgan fingerprint density at radius 2 is 2.09 bits per heavy atom. The van der Waals surface area contributed by atoms with Crippen molar-refractivity contribution in [2.75, 3.05) is 0 Å². The molecule has 114 valence electrons. The number of rotatable bonds is 4. The molecule has 1 aromatic carbocycles. The maximum Gasteiger partial charge on any atom is 0.232 e. The molecule has 3 heterocycles. The smallest absolute Gasteiger partial charge is 0.232 e. The Morgan fingerprint density at radius 3 is 2.91 bits per heavy atom. The van der Waals surface area contributed by atoms with Crippen LogP contribution in [0.4, 0.5) is 0 Å². The highest BCUT2D eigenvalue weighted by Gasteiger charge is 2.09. The van der Waals surface area contributed by atoms with Gasteiger partial charge in [-0.05, 0) is 35.2 Å². The second-order valence-corrected chi connectivity index (χ2v) is 6.37. The van der Waals surface area contributed by atoms with Crippen LogP contribution in [0, 0.1) is 0 Å². The quantitative estimate of drug-likeness (QED) is 0.540. The third kappa shape index (κ3) is 2.93. The maximum absolute atomic E-state index is 5.99. The predicted molar refractivity (Wildman–Crippen MR) is 92.1 cm³/mol. The van der Waals surface area contributed by atoms with Gasteiger partial charge in [0.15, 0.2) is 5.65 Å². The number of benzene rings is 1. The summed E-state index contributed by atoms with van der Waals surface area (Å²) in [6.45, 7) is 0.419. The molecule has 6 heteroatoms. The third-order valence-electron chi connectivity index (χ3n) is 3.39. The van der Waals surface area contributed by atoms with E-state index in [1.165, 1.54) is 0 Å². The number of hydrogen-bond acceptors (Lipinski definition) is 4. The van der Waals surface area contributed by atoms with Crippen molar-refractivity contribution in [3.05, 3.63) is 70.7 Å². The molecular weight excluding hydrogens is 330 g/mol. The number of fused-ring (bicyclic) bond motifs is 1. The molecule has 0 bridgehead atoms. The van der Waals surface area contributed by atoms with Gasteiger partial charge in [-0.25, -0.2) is 9.50 Å². The highest BCUT2D eigenvalue weighted by atomic mass is 35.5. The summed E-state index contributed by atoms with van der Waals surface area (Å²) in [4.78, 5) is 5.50. The maximum atomic E-state index is 5.99. The van der Waals surface area contributed by atoms with Crippen molar-refractivity contribution >= 4 is 28.6 Å². The first kappa shape index (κ1) is 14.2. The molecule has 0 N–H and O–H groups in total. The Morgan fingerprint density at radius 1 is 1.13 bits per heavy atom. The van der Waals surface area contributed by atoms with E-state index in [0.29, 0.717) is 17.5 Å². The predicted octanol–water partition coefficient (Wildman–Crippen LogP) is 4.69. The highest BCUT2D eigenvalue weighted by Crippen LogP contribution is 2.25. The third-order valence-corrected chi connectivity index (χ3v) is 4.51. The first-order valence-electron chi connectivity index (χ1n) is 7.05. The Hall–Kier alpha value is -2.37. The fourth-order valence-electron chi connectivity index (χ4n) is 2.31. The van der Waals surface area contributed by atoms with Crippen LogP contribution in [0.2, 0.25) is 5.02 Å². The van der Waals surface area contributed by atoms with Crippen molar-refractivity contribution in [3.63, 3.8) is 0 Å². The molecule has 0 fully saturated rings. The minimum absolute atomic E-state index is 0.419. The van der Waals surface area contributed by atoms with Gasteiger partial charge in [-0.1, -0.05) is 29.8 Å². The Labute approximate surface area is 141 Å². The number of aromatic nitrogens is 3. The monoisotopic (exact) mass is 341 g/mol. The molecule has 0 unspecified atom stereocenters. The normalized spacial score (nSPS) is 11.0. The lowest BCUT2D eigenvalue weighted by atomic mass is 10.2. The molecular formula is C17H12ClN3OS. The molecule has 0 radical (unpaired) electrons. The lowest BCUT2D eigenvalue weighted by molar-refractivity contribution is 0.289. The number of nitrogens with zero attached hydrogens (tertiary/aromatic N) is 3. The molecule has 0 amide bonds. The van der Waals surface area contributed by atoms with Crippen molar-refractivity contribution in [1.29, 1.82) is 0 Å². The van der Waals surface area contributed by atoms with Crippen LogP contribution < -0.4 is 4.74 Å². The summed E-state index contributed by atoms with van der Waals surface area (Å²) in [6, 6.07) is 15.4. The Kier molecular flexibility index (Phi) is 3.73. The number of ether oxygens (including phenoxy) is 1. The van der Waals surface area contributed by atoms with Crippen LogP contribution in [0.15, 0.2) is 60.1 Å². The van der Waals surface area contributed by atoms with Gasteiger partial charge < -0.3 is 4.74 Å². The van der Waals surface area contributed by atoms with Crippen LogP contribution in [-0.4, -0.2) is 14.6 Å². The second kappa shape index (κ2) is 6.02. The van der Waals surface area contributed by atoms with Gasteiger partial charge in [0.1, 0.15) is 12.3 Å². The number of thiophene rings is 1. The van der Waals surface area contributed by atoms with Gasteiger partial charge in [0.2, 0.25) is 5.88 Å². The van der Waals surface area contributed by atoms with Gasteiger partial charge in [0, 0.05) is 11.1 Å². The minimum atomic E-state index is 0.419. The van der Waals surface area contributed by atoms with Crippen molar-refractivity contribution in [2.24, 2.45) is 0 Å². The molecule has 0 aliphatic carbocycles. The minimum Gasteiger partial charge on any atom is -0.472 e. The summed E-state index contributed by atoms with van der Waals surface area (Å²) in [7, 11) is 0. The van der Waals surface area contributed by atoms with Gasteiger partial charge >= 0.3 is 0 Å². The van der Waals surface area contributed by atoms with Crippen molar-refractivity contribution in [1.82, 2.24) is 14.6 Å². The van der Waals surface area contributed by atoms with Crippen molar-refractivity contribution < 1.29 is 4.74 Å². The first-order valence-corrected chi connectivity index (χ1v) is 8.31. The van der Waals surface area contributed by atoms with Crippen LogP contribution in [0.25, 0.3) is 16.2 Å². The van der Waals surface area contributed by atoms with E-state index in [0.717, 1.165) is 21.8 Å². The molecule has 23 heavy (non-hydrogen) atoms. The zero-order valence-corrected chi connectivity index (χ0v) is 13.6. The van der Waals surface area contributed by atoms with Crippen molar-refractivity contribution in [2.45, 2.75) is 6.61 Å². The average molecular weight is 342 g/mol. The number of hydrogen-bond donors (Lipinski definition) is 0.